The van der Waals surface area contributed by atoms with Gasteiger partial charge in [-0.1, -0.05) is 23.2 Å². The predicted molar refractivity (Wildman–Crippen MR) is 96.4 cm³/mol. The van der Waals surface area contributed by atoms with Crippen LogP contribution >= 0.6 is 23.2 Å². The van der Waals surface area contributed by atoms with E-state index >= 15 is 0 Å². The number of fused-ring (bicyclic) bond motifs is 1. The van der Waals surface area contributed by atoms with E-state index in [-0.39, 0.29) is 0 Å². The predicted octanol–water partition coefficient (Wildman–Crippen LogP) is 5.20. The highest BCUT2D eigenvalue weighted by Crippen LogP contribution is 2.31. The van der Waals surface area contributed by atoms with Gasteiger partial charge in [-0.3, -0.25) is 0 Å². The summed E-state index contributed by atoms with van der Waals surface area (Å²) >= 11 is 12.2. The fourth-order valence-electron chi connectivity index (χ4n) is 2.98. The highest BCUT2D eigenvalue weighted by molar-refractivity contribution is 6.31. The Morgan fingerprint density at radius 1 is 0.826 bits per heavy atom. The molecule has 0 N–H and O–H groups in total. The van der Waals surface area contributed by atoms with Gasteiger partial charge in [-0.05, 0) is 55.3 Å². The van der Waals surface area contributed by atoms with Gasteiger partial charge < -0.3 is 4.90 Å². The van der Waals surface area contributed by atoms with Crippen LogP contribution in [0.3, 0.4) is 0 Å². The summed E-state index contributed by atoms with van der Waals surface area (Å²) in [4.78, 5) is 11.9. The van der Waals surface area contributed by atoms with Crippen molar-refractivity contribution in [3.8, 4) is 11.4 Å². The first-order valence-corrected chi connectivity index (χ1v) is 8.44. The van der Waals surface area contributed by atoms with Gasteiger partial charge in [0.2, 0.25) is 0 Å². The number of hydrogen-bond donors (Lipinski definition) is 0. The van der Waals surface area contributed by atoms with Crippen LogP contribution in [-0.2, 0) is 0 Å². The van der Waals surface area contributed by atoms with Crippen LogP contribution in [0, 0.1) is 0 Å². The van der Waals surface area contributed by atoms with Gasteiger partial charge in [0.05, 0.1) is 5.52 Å². The van der Waals surface area contributed by atoms with Crippen molar-refractivity contribution in [1.82, 2.24) is 9.97 Å². The molecule has 0 aliphatic carbocycles. The van der Waals surface area contributed by atoms with Gasteiger partial charge in [-0.2, -0.15) is 0 Å². The van der Waals surface area contributed by atoms with Crippen LogP contribution in [0.1, 0.15) is 12.8 Å². The molecule has 116 valence electrons. The molecule has 0 bridgehead atoms. The number of nitrogens with zero attached hydrogens (tertiary/aromatic N) is 3. The average molecular weight is 344 g/mol. The van der Waals surface area contributed by atoms with Crippen molar-refractivity contribution in [2.45, 2.75) is 12.8 Å². The van der Waals surface area contributed by atoms with Crippen LogP contribution in [0.25, 0.3) is 22.3 Å². The van der Waals surface area contributed by atoms with Crippen molar-refractivity contribution < 1.29 is 0 Å². The topological polar surface area (TPSA) is 29.0 Å². The Kier molecular flexibility index (Phi) is 3.83. The van der Waals surface area contributed by atoms with E-state index in [1.165, 1.54) is 12.8 Å². The zero-order valence-electron chi connectivity index (χ0n) is 12.5. The maximum absolute atomic E-state index is 6.18. The van der Waals surface area contributed by atoms with Crippen molar-refractivity contribution >= 4 is 39.9 Å². The number of aromatic nitrogens is 2. The van der Waals surface area contributed by atoms with E-state index in [4.69, 9.17) is 33.2 Å². The summed E-state index contributed by atoms with van der Waals surface area (Å²) in [5.41, 5.74) is 1.88. The molecule has 5 heteroatoms. The van der Waals surface area contributed by atoms with Crippen molar-refractivity contribution in [2.24, 2.45) is 0 Å². The number of hydrogen-bond acceptors (Lipinski definition) is 3. The van der Waals surface area contributed by atoms with Crippen LogP contribution in [-0.4, -0.2) is 23.1 Å². The van der Waals surface area contributed by atoms with E-state index in [1.807, 2.05) is 42.5 Å². The fourth-order valence-corrected chi connectivity index (χ4v) is 3.28. The molecule has 23 heavy (non-hydrogen) atoms. The molecule has 0 spiro atoms. The summed E-state index contributed by atoms with van der Waals surface area (Å²) in [6.45, 7) is 2.05. The first kappa shape index (κ1) is 14.7. The molecular formula is C18H15Cl2N3. The van der Waals surface area contributed by atoms with Gasteiger partial charge in [0.25, 0.3) is 0 Å². The molecule has 0 atom stereocenters. The SMILES string of the molecule is Clc1ccc(-c2nc(N3CCCC3)c3cc(Cl)ccc3n2)cc1. The lowest BCUT2D eigenvalue weighted by Crippen LogP contribution is -2.20. The molecule has 0 radical (unpaired) electrons. The molecule has 2 heterocycles. The quantitative estimate of drug-likeness (QED) is 0.639. The zero-order chi connectivity index (χ0) is 15.8. The lowest BCUT2D eigenvalue weighted by Gasteiger charge is -2.19. The number of rotatable bonds is 2. The minimum absolute atomic E-state index is 0.709. The molecule has 0 amide bonds. The summed E-state index contributed by atoms with van der Waals surface area (Å²) in [6, 6.07) is 13.4. The first-order chi connectivity index (χ1) is 11.2. The third-order valence-corrected chi connectivity index (χ3v) is 4.63. The van der Waals surface area contributed by atoms with Gasteiger partial charge in [0.15, 0.2) is 5.82 Å². The highest BCUT2D eigenvalue weighted by atomic mass is 35.5. The molecule has 4 rings (SSSR count). The van der Waals surface area contributed by atoms with Crippen molar-refractivity contribution in [3.63, 3.8) is 0 Å². The fraction of sp³-hybridized carbons (Fsp3) is 0.222. The van der Waals surface area contributed by atoms with Crippen LogP contribution < -0.4 is 4.90 Å². The zero-order valence-corrected chi connectivity index (χ0v) is 14.0. The molecule has 0 saturated carbocycles. The first-order valence-electron chi connectivity index (χ1n) is 7.69. The second-order valence-corrected chi connectivity index (χ2v) is 6.61. The Morgan fingerprint density at radius 3 is 2.26 bits per heavy atom. The van der Waals surface area contributed by atoms with Gasteiger partial charge in [-0.15, -0.1) is 0 Å². The lowest BCUT2D eigenvalue weighted by molar-refractivity contribution is 0.941. The summed E-state index contributed by atoms with van der Waals surface area (Å²) in [5.74, 6) is 1.69. The highest BCUT2D eigenvalue weighted by Gasteiger charge is 2.19. The monoisotopic (exact) mass is 343 g/mol. The Labute approximate surface area is 144 Å². The van der Waals surface area contributed by atoms with Crippen LogP contribution in [0.4, 0.5) is 5.82 Å². The Bertz CT molecular complexity index is 856. The van der Waals surface area contributed by atoms with Crippen LogP contribution in [0.5, 0.6) is 0 Å². The summed E-state index contributed by atoms with van der Waals surface area (Å²) in [6.07, 6.45) is 2.39. The van der Waals surface area contributed by atoms with E-state index in [2.05, 4.69) is 4.90 Å². The maximum Gasteiger partial charge on any atom is 0.162 e. The molecule has 3 nitrogen and oxygen atoms in total. The molecule has 2 aromatic carbocycles. The number of benzene rings is 2. The smallest absolute Gasteiger partial charge is 0.162 e. The Balaban J connectivity index is 1.92. The van der Waals surface area contributed by atoms with Gasteiger partial charge >= 0.3 is 0 Å². The Hall–Kier alpha value is -1.84. The van der Waals surface area contributed by atoms with Crippen molar-refractivity contribution in [1.29, 1.82) is 0 Å². The van der Waals surface area contributed by atoms with E-state index < -0.39 is 0 Å². The molecular weight excluding hydrogens is 329 g/mol. The largest absolute Gasteiger partial charge is 0.356 e. The normalized spacial score (nSPS) is 14.6. The van der Waals surface area contributed by atoms with Crippen molar-refractivity contribution in [2.75, 3.05) is 18.0 Å². The second kappa shape index (κ2) is 5.99. The van der Waals surface area contributed by atoms with Gasteiger partial charge in [-0.25, -0.2) is 9.97 Å². The molecule has 1 aliphatic rings. The summed E-state index contributed by atoms with van der Waals surface area (Å²) in [5, 5.41) is 2.43. The summed E-state index contributed by atoms with van der Waals surface area (Å²) < 4.78 is 0. The molecule has 3 aromatic rings. The minimum Gasteiger partial charge on any atom is -0.356 e. The van der Waals surface area contributed by atoms with Crippen LogP contribution in [0.2, 0.25) is 10.0 Å². The average Bonchev–Trinajstić information content (AvgIpc) is 3.09. The maximum atomic E-state index is 6.18. The molecule has 1 saturated heterocycles. The number of anilines is 1. The van der Waals surface area contributed by atoms with E-state index in [0.29, 0.717) is 10.0 Å². The van der Waals surface area contributed by atoms with Gasteiger partial charge in [0.1, 0.15) is 5.82 Å². The minimum atomic E-state index is 0.709. The molecule has 1 aliphatic heterocycles. The standard InChI is InChI=1S/C18H15Cl2N3/c19-13-5-3-12(4-6-13)17-21-16-8-7-14(20)11-15(16)18(22-17)23-9-1-2-10-23/h3-8,11H,1-2,9-10H2. The molecule has 1 fully saturated rings. The lowest BCUT2D eigenvalue weighted by atomic mass is 10.1. The molecule has 1 aromatic heterocycles. The van der Waals surface area contributed by atoms with Crippen molar-refractivity contribution in [3.05, 3.63) is 52.5 Å². The van der Waals surface area contributed by atoms with E-state index in [0.717, 1.165) is 41.2 Å². The van der Waals surface area contributed by atoms with Crippen LogP contribution in [0.15, 0.2) is 42.5 Å². The van der Waals surface area contributed by atoms with Gasteiger partial charge in [0, 0.05) is 34.1 Å². The second-order valence-electron chi connectivity index (χ2n) is 5.73. The van der Waals surface area contributed by atoms with E-state index in [1.54, 1.807) is 0 Å². The number of halogens is 2. The summed E-state index contributed by atoms with van der Waals surface area (Å²) in [7, 11) is 0. The van der Waals surface area contributed by atoms with E-state index in [9.17, 15) is 0 Å². The third-order valence-electron chi connectivity index (χ3n) is 4.15. The third kappa shape index (κ3) is 2.87. The Morgan fingerprint density at radius 2 is 1.52 bits per heavy atom. The molecule has 0 unspecified atom stereocenters.